The molecular formula is C35H28Cl2F3N5O8. The molecule has 13 nitrogen and oxygen atoms in total. The molecule has 3 heterocycles. The number of nitrogens with one attached hydrogen (secondary N) is 1. The highest BCUT2D eigenvalue weighted by atomic mass is 35.5. The Kier molecular flexibility index (Phi) is 8.60. The number of nitrogens with two attached hydrogens (primary N) is 1. The minimum Gasteiger partial charge on any atom is -0.502 e. The van der Waals surface area contributed by atoms with Gasteiger partial charge in [0.1, 0.15) is 0 Å². The number of carbonyl (C=O) groups excluding carboxylic acids is 5. The van der Waals surface area contributed by atoms with Crippen molar-refractivity contribution in [2.75, 3.05) is 19.6 Å². The van der Waals surface area contributed by atoms with Gasteiger partial charge >= 0.3 is 12.2 Å². The molecule has 18 heteroatoms. The molecule has 3 fully saturated rings. The first-order valence-corrected chi connectivity index (χ1v) is 16.8. The summed E-state index contributed by atoms with van der Waals surface area (Å²) in [5.41, 5.74) is 6.00. The van der Waals surface area contributed by atoms with Gasteiger partial charge in [-0.2, -0.15) is 23.1 Å². The first kappa shape index (κ1) is 36.0. The molecule has 0 radical (unpaired) electrons. The summed E-state index contributed by atoms with van der Waals surface area (Å²) < 4.78 is 51.2. The summed E-state index contributed by atoms with van der Waals surface area (Å²) in [5.74, 6) is -9.78. The number of allylic oxidation sites excluding steroid dienone is 2. The summed E-state index contributed by atoms with van der Waals surface area (Å²) in [6.07, 6.45) is -2.81. The summed E-state index contributed by atoms with van der Waals surface area (Å²) in [6.45, 7) is 0. The van der Waals surface area contributed by atoms with Crippen LogP contribution in [0.4, 0.5) is 23.8 Å². The number of amides is 6. The molecule has 1 saturated carbocycles. The van der Waals surface area contributed by atoms with Crippen LogP contribution in [-0.2, 0) is 30.8 Å². The van der Waals surface area contributed by atoms with Crippen molar-refractivity contribution in [2.24, 2.45) is 29.4 Å². The van der Waals surface area contributed by atoms with Crippen molar-refractivity contribution < 1.29 is 51.7 Å². The van der Waals surface area contributed by atoms with E-state index in [-0.39, 0.29) is 30.1 Å². The Morgan fingerprint density at radius 3 is 2.21 bits per heavy atom. The lowest BCUT2D eigenvalue weighted by atomic mass is 9.49. The minimum atomic E-state index is -4.79. The number of ether oxygens (including phenoxy) is 2. The van der Waals surface area contributed by atoms with Crippen LogP contribution in [0.3, 0.4) is 0 Å². The highest BCUT2D eigenvalue weighted by Gasteiger charge is 2.70. The molecule has 276 valence electrons. The van der Waals surface area contributed by atoms with Gasteiger partial charge in [0.25, 0.3) is 11.8 Å². The smallest absolute Gasteiger partial charge is 0.417 e. The second kappa shape index (κ2) is 12.7. The standard InChI is InChI=1S/C35H28Cl2F3N5O8/c1-52-23-9-14(10-24(53-2)27(23)46)26-18-7-8-19-25(31(49)44(29(19)47)33(41)51)20(18)12-21-30(48)45(32(50)34(21,26)15-3-5-17(36)6-4-15)43-28-22(37)11-16(13-42-28)35(38,39)40/h3-7,9-11,13,19-21,25-26,46H,8,12H2,1-2H3,(H2,41,51)(H,42,43). The van der Waals surface area contributed by atoms with Crippen molar-refractivity contribution in [3.05, 3.63) is 87.0 Å². The number of aromatic nitrogens is 1. The number of anilines is 1. The van der Waals surface area contributed by atoms with E-state index in [0.717, 1.165) is 0 Å². The number of urea groups is 1. The topological polar surface area (TPSA) is 181 Å². The molecule has 2 aliphatic carbocycles. The van der Waals surface area contributed by atoms with Crippen LogP contribution in [0, 0.1) is 23.7 Å². The average molecular weight is 775 g/mol. The molecule has 53 heavy (non-hydrogen) atoms. The normalized spacial score (nSPS) is 26.5. The van der Waals surface area contributed by atoms with Crippen LogP contribution in [0.2, 0.25) is 10.0 Å². The lowest BCUT2D eigenvalue weighted by molar-refractivity contribution is -0.140. The monoisotopic (exact) mass is 773 g/mol. The van der Waals surface area contributed by atoms with Crippen LogP contribution in [0.15, 0.2) is 60.3 Å². The van der Waals surface area contributed by atoms with Crippen LogP contribution < -0.4 is 20.6 Å². The fourth-order valence-corrected chi connectivity index (χ4v) is 8.79. The third-order valence-electron chi connectivity index (χ3n) is 10.6. The van der Waals surface area contributed by atoms with E-state index in [1.165, 1.54) is 38.5 Å². The maximum atomic E-state index is 15.2. The number of aromatic hydroxyl groups is 1. The molecule has 4 aliphatic rings. The SMILES string of the molecule is COc1cc(C2C3=CCC4C(=O)N(C(N)=O)C(=O)C4C3CC3C(=O)N(Nc4ncc(C(F)(F)F)cc4Cl)C(=O)C32c2ccc(Cl)cc2)cc(OC)c1O. The van der Waals surface area contributed by atoms with Gasteiger partial charge in [0, 0.05) is 17.1 Å². The van der Waals surface area contributed by atoms with E-state index < -0.39 is 87.2 Å². The molecule has 2 aliphatic heterocycles. The summed E-state index contributed by atoms with van der Waals surface area (Å²) in [7, 11) is 2.59. The highest BCUT2D eigenvalue weighted by Crippen LogP contribution is 2.65. The largest absolute Gasteiger partial charge is 0.502 e. The van der Waals surface area contributed by atoms with E-state index in [4.69, 9.17) is 38.4 Å². The van der Waals surface area contributed by atoms with E-state index in [2.05, 4.69) is 10.4 Å². The maximum absolute atomic E-state index is 15.2. The quantitative estimate of drug-likeness (QED) is 0.223. The van der Waals surface area contributed by atoms with Crippen molar-refractivity contribution in [3.8, 4) is 17.2 Å². The zero-order chi connectivity index (χ0) is 38.3. The number of nitrogens with zero attached hydrogens (tertiary/aromatic N) is 3. The number of likely N-dealkylation sites (tertiary alicyclic amines) is 1. The highest BCUT2D eigenvalue weighted by molar-refractivity contribution is 6.33. The first-order valence-electron chi connectivity index (χ1n) is 16.0. The average Bonchev–Trinajstić information content (AvgIpc) is 3.50. The van der Waals surface area contributed by atoms with Crippen LogP contribution in [-0.4, -0.2) is 63.9 Å². The summed E-state index contributed by atoms with van der Waals surface area (Å²) in [6, 6.07) is 8.38. The zero-order valence-corrected chi connectivity index (χ0v) is 29.1. The van der Waals surface area contributed by atoms with Gasteiger partial charge in [-0.05, 0) is 60.2 Å². The predicted octanol–water partition coefficient (Wildman–Crippen LogP) is 5.19. The Labute approximate surface area is 308 Å². The fraction of sp³-hybridized carbons (Fsp3) is 0.314. The molecule has 4 N–H and O–H groups in total. The molecule has 1 aromatic heterocycles. The molecule has 0 spiro atoms. The number of rotatable bonds is 6. The van der Waals surface area contributed by atoms with Crippen LogP contribution >= 0.6 is 23.2 Å². The number of benzene rings is 2. The molecule has 0 bridgehead atoms. The van der Waals surface area contributed by atoms with Gasteiger partial charge in [-0.1, -0.05) is 47.0 Å². The van der Waals surface area contributed by atoms with Crippen LogP contribution in [0.25, 0.3) is 0 Å². The Morgan fingerprint density at radius 1 is 1.00 bits per heavy atom. The molecular weight excluding hydrogens is 746 g/mol. The minimum absolute atomic E-state index is 0.0236. The van der Waals surface area contributed by atoms with Gasteiger partial charge in [0.05, 0.1) is 48.0 Å². The van der Waals surface area contributed by atoms with Crippen molar-refractivity contribution in [3.63, 3.8) is 0 Å². The molecule has 3 aromatic rings. The van der Waals surface area contributed by atoms with Crippen molar-refractivity contribution in [1.29, 1.82) is 0 Å². The second-order valence-electron chi connectivity index (χ2n) is 13.0. The fourth-order valence-electron chi connectivity index (χ4n) is 8.46. The number of halogens is 5. The number of fused-ring (bicyclic) bond motifs is 4. The molecule has 6 unspecified atom stereocenters. The number of hydrazine groups is 1. The number of carbonyl (C=O) groups is 5. The summed E-state index contributed by atoms with van der Waals surface area (Å²) in [4.78, 5) is 73.5. The van der Waals surface area contributed by atoms with Gasteiger partial charge in [-0.25, -0.2) is 9.78 Å². The number of pyridine rings is 1. The molecule has 6 atom stereocenters. The van der Waals surface area contributed by atoms with E-state index in [1.807, 2.05) is 0 Å². The Balaban J connectivity index is 1.48. The number of phenolic OH excluding ortho intramolecular Hbond substituents is 1. The number of primary amides is 1. The molecule has 2 aromatic carbocycles. The summed E-state index contributed by atoms with van der Waals surface area (Å²) >= 11 is 12.5. The third kappa shape index (κ3) is 5.29. The number of hydrogen-bond donors (Lipinski definition) is 3. The van der Waals surface area contributed by atoms with Crippen molar-refractivity contribution >= 4 is 58.7 Å². The third-order valence-corrected chi connectivity index (χ3v) is 11.2. The zero-order valence-electron chi connectivity index (χ0n) is 27.6. The van der Waals surface area contributed by atoms with E-state index in [0.29, 0.717) is 43.9 Å². The Hall–Kier alpha value is -5.35. The first-order chi connectivity index (χ1) is 25.1. The predicted molar refractivity (Wildman–Crippen MR) is 180 cm³/mol. The van der Waals surface area contributed by atoms with Crippen LogP contribution in [0.1, 0.15) is 35.4 Å². The Bertz CT molecular complexity index is 2120. The summed E-state index contributed by atoms with van der Waals surface area (Å²) in [5, 5.41) is 11.3. The molecule has 7 rings (SSSR count). The van der Waals surface area contributed by atoms with E-state index >= 15 is 4.79 Å². The van der Waals surface area contributed by atoms with E-state index in [1.54, 1.807) is 18.2 Å². The molecule has 6 amide bonds. The van der Waals surface area contributed by atoms with Gasteiger partial charge in [-0.3, -0.25) is 24.6 Å². The number of methoxy groups -OCH3 is 2. The number of imide groups is 4. The number of phenols is 1. The van der Waals surface area contributed by atoms with Gasteiger partial charge in [0.2, 0.25) is 17.6 Å². The van der Waals surface area contributed by atoms with Gasteiger partial charge in [-0.15, -0.1) is 0 Å². The Morgan fingerprint density at radius 2 is 1.64 bits per heavy atom. The maximum Gasteiger partial charge on any atom is 0.417 e. The van der Waals surface area contributed by atoms with Gasteiger partial charge in [0.15, 0.2) is 17.3 Å². The molecule has 2 saturated heterocycles. The van der Waals surface area contributed by atoms with Crippen molar-refractivity contribution in [1.82, 2.24) is 14.9 Å². The number of alkyl halides is 3. The van der Waals surface area contributed by atoms with Crippen molar-refractivity contribution in [2.45, 2.75) is 30.4 Å². The number of hydrogen-bond acceptors (Lipinski definition) is 10. The van der Waals surface area contributed by atoms with Gasteiger partial charge < -0.3 is 20.3 Å². The lowest BCUT2D eigenvalue weighted by Gasteiger charge is -2.50. The lowest BCUT2D eigenvalue weighted by Crippen LogP contribution is -2.53. The second-order valence-corrected chi connectivity index (χ2v) is 13.9. The van der Waals surface area contributed by atoms with Crippen LogP contribution in [0.5, 0.6) is 17.2 Å². The van der Waals surface area contributed by atoms with E-state index in [9.17, 15) is 37.5 Å².